The lowest BCUT2D eigenvalue weighted by atomic mass is 9.77. The van der Waals surface area contributed by atoms with E-state index < -0.39 is 0 Å². The minimum absolute atomic E-state index is 0.181. The number of hydrogen-bond acceptors (Lipinski definition) is 3. The molecular weight excluding hydrogens is 236 g/mol. The van der Waals surface area contributed by atoms with Crippen LogP contribution in [0.15, 0.2) is 18.2 Å². The lowest BCUT2D eigenvalue weighted by Gasteiger charge is -2.31. The van der Waals surface area contributed by atoms with Crippen molar-refractivity contribution in [2.75, 3.05) is 7.11 Å². The Bertz CT molecular complexity index is 410. The average molecular weight is 264 g/mol. The van der Waals surface area contributed by atoms with Crippen LogP contribution in [0.5, 0.6) is 5.75 Å². The third kappa shape index (κ3) is 4.22. The van der Waals surface area contributed by atoms with E-state index in [9.17, 15) is 0 Å². The van der Waals surface area contributed by atoms with Crippen LogP contribution >= 0.6 is 0 Å². The van der Waals surface area contributed by atoms with Crippen molar-refractivity contribution in [1.82, 2.24) is 5.43 Å². The fraction of sp³-hybridized carbons (Fsp3) is 0.625. The third-order valence-electron chi connectivity index (χ3n) is 4.12. The first-order chi connectivity index (χ1) is 8.79. The first-order valence-electron chi connectivity index (χ1n) is 6.90. The number of methoxy groups -OCH3 is 1. The Labute approximate surface area is 117 Å². The van der Waals surface area contributed by atoms with Gasteiger partial charge in [0, 0.05) is 6.04 Å². The Morgan fingerprint density at radius 2 is 1.95 bits per heavy atom. The molecule has 3 N–H and O–H groups in total. The van der Waals surface area contributed by atoms with E-state index in [1.807, 2.05) is 6.07 Å². The van der Waals surface area contributed by atoms with Crippen LogP contribution in [0.1, 0.15) is 51.3 Å². The topological polar surface area (TPSA) is 47.3 Å². The summed E-state index contributed by atoms with van der Waals surface area (Å²) in [5.74, 6) is 7.22. The summed E-state index contributed by atoms with van der Waals surface area (Å²) < 4.78 is 5.25. The van der Waals surface area contributed by atoms with Crippen molar-refractivity contribution in [3.63, 3.8) is 0 Å². The van der Waals surface area contributed by atoms with Crippen LogP contribution in [-0.4, -0.2) is 7.11 Å². The Kier molecular flexibility index (Phi) is 5.39. The molecule has 0 aliphatic carbocycles. The molecule has 0 bridgehead atoms. The second-order valence-corrected chi connectivity index (χ2v) is 6.44. The molecule has 0 spiro atoms. The Balaban J connectivity index is 2.92. The van der Waals surface area contributed by atoms with Crippen molar-refractivity contribution in [2.45, 2.75) is 47.1 Å². The number of aryl methyl sites for hydroxylation is 1. The predicted octanol–water partition coefficient (Wildman–Crippen LogP) is 3.58. The predicted molar refractivity (Wildman–Crippen MR) is 81.0 cm³/mol. The minimum atomic E-state index is 0.181. The minimum Gasteiger partial charge on any atom is -0.497 e. The molecule has 0 aliphatic rings. The zero-order chi connectivity index (χ0) is 14.6. The van der Waals surface area contributed by atoms with E-state index in [-0.39, 0.29) is 11.5 Å². The smallest absolute Gasteiger partial charge is 0.119 e. The second kappa shape index (κ2) is 6.40. The SMILES string of the molecule is COc1ccc(C(CC(C)C(C)(C)C)NN)c(C)c1. The molecule has 0 aliphatic heterocycles. The van der Waals surface area contributed by atoms with Gasteiger partial charge in [-0.25, -0.2) is 0 Å². The van der Waals surface area contributed by atoms with Crippen molar-refractivity contribution in [2.24, 2.45) is 17.2 Å². The molecule has 0 fully saturated rings. The summed E-state index contributed by atoms with van der Waals surface area (Å²) in [5, 5.41) is 0. The van der Waals surface area contributed by atoms with Gasteiger partial charge in [-0.1, -0.05) is 33.8 Å². The quantitative estimate of drug-likeness (QED) is 0.631. The fourth-order valence-electron chi connectivity index (χ4n) is 2.16. The van der Waals surface area contributed by atoms with Crippen molar-refractivity contribution in [1.29, 1.82) is 0 Å². The normalized spacial score (nSPS) is 15.1. The van der Waals surface area contributed by atoms with Gasteiger partial charge in [-0.2, -0.15) is 0 Å². The molecule has 108 valence electrons. The number of rotatable bonds is 5. The van der Waals surface area contributed by atoms with Crippen LogP contribution in [0.3, 0.4) is 0 Å². The van der Waals surface area contributed by atoms with Crippen LogP contribution in [0.25, 0.3) is 0 Å². The number of ether oxygens (including phenoxy) is 1. The van der Waals surface area contributed by atoms with Gasteiger partial charge in [-0.05, 0) is 47.9 Å². The standard InChI is InChI=1S/C16H28N2O/c1-11-9-13(19-6)7-8-14(11)15(18-17)10-12(2)16(3,4)5/h7-9,12,15,18H,10,17H2,1-6H3. The molecule has 2 unspecified atom stereocenters. The largest absolute Gasteiger partial charge is 0.497 e. The number of benzene rings is 1. The molecule has 1 aromatic rings. The fourth-order valence-corrected chi connectivity index (χ4v) is 2.16. The monoisotopic (exact) mass is 264 g/mol. The van der Waals surface area contributed by atoms with E-state index in [1.165, 1.54) is 11.1 Å². The summed E-state index contributed by atoms with van der Waals surface area (Å²) in [6, 6.07) is 6.34. The molecule has 1 aromatic carbocycles. The van der Waals surface area contributed by atoms with E-state index in [4.69, 9.17) is 10.6 Å². The first kappa shape index (κ1) is 16.0. The first-order valence-corrected chi connectivity index (χ1v) is 6.90. The second-order valence-electron chi connectivity index (χ2n) is 6.44. The maximum atomic E-state index is 5.75. The van der Waals surface area contributed by atoms with Gasteiger partial charge in [0.2, 0.25) is 0 Å². The Morgan fingerprint density at radius 3 is 2.37 bits per heavy atom. The molecule has 0 saturated carbocycles. The average Bonchev–Trinajstić information content (AvgIpc) is 2.34. The highest BCUT2D eigenvalue weighted by molar-refractivity contribution is 5.36. The number of nitrogens with two attached hydrogens (primary N) is 1. The van der Waals surface area contributed by atoms with Gasteiger partial charge in [-0.15, -0.1) is 0 Å². The summed E-state index contributed by atoms with van der Waals surface area (Å²) in [6.45, 7) is 11.2. The van der Waals surface area contributed by atoms with Crippen molar-refractivity contribution < 1.29 is 4.74 Å². The highest BCUT2D eigenvalue weighted by Crippen LogP contribution is 2.34. The molecule has 2 atom stereocenters. The van der Waals surface area contributed by atoms with Crippen LogP contribution < -0.4 is 16.0 Å². The molecule has 3 nitrogen and oxygen atoms in total. The van der Waals surface area contributed by atoms with Crippen LogP contribution in [0.4, 0.5) is 0 Å². The van der Waals surface area contributed by atoms with Gasteiger partial charge in [0.25, 0.3) is 0 Å². The molecule has 0 radical (unpaired) electrons. The third-order valence-corrected chi connectivity index (χ3v) is 4.12. The molecule has 19 heavy (non-hydrogen) atoms. The zero-order valence-corrected chi connectivity index (χ0v) is 13.1. The van der Waals surface area contributed by atoms with Crippen molar-refractivity contribution in [3.8, 4) is 5.75 Å². The lowest BCUT2D eigenvalue weighted by molar-refractivity contribution is 0.223. The molecular formula is C16H28N2O. The number of hydrogen-bond donors (Lipinski definition) is 2. The van der Waals surface area contributed by atoms with Crippen LogP contribution in [0.2, 0.25) is 0 Å². The molecule has 0 heterocycles. The van der Waals surface area contributed by atoms with Gasteiger partial charge in [0.05, 0.1) is 7.11 Å². The van der Waals surface area contributed by atoms with Crippen LogP contribution in [0, 0.1) is 18.3 Å². The van der Waals surface area contributed by atoms with E-state index in [1.54, 1.807) is 7.11 Å². The summed E-state index contributed by atoms with van der Waals surface area (Å²) in [5.41, 5.74) is 5.71. The highest BCUT2D eigenvalue weighted by Gasteiger charge is 2.24. The Morgan fingerprint density at radius 1 is 1.32 bits per heavy atom. The highest BCUT2D eigenvalue weighted by atomic mass is 16.5. The van der Waals surface area contributed by atoms with Gasteiger partial charge < -0.3 is 4.74 Å². The molecule has 3 heteroatoms. The molecule has 0 aromatic heterocycles. The van der Waals surface area contributed by atoms with Gasteiger partial charge >= 0.3 is 0 Å². The number of hydrazine groups is 1. The van der Waals surface area contributed by atoms with Gasteiger partial charge in [0.1, 0.15) is 5.75 Å². The summed E-state index contributed by atoms with van der Waals surface area (Å²) >= 11 is 0. The van der Waals surface area contributed by atoms with Crippen molar-refractivity contribution >= 4 is 0 Å². The maximum absolute atomic E-state index is 5.75. The lowest BCUT2D eigenvalue weighted by Crippen LogP contribution is -2.32. The van der Waals surface area contributed by atoms with E-state index >= 15 is 0 Å². The summed E-state index contributed by atoms with van der Waals surface area (Å²) in [4.78, 5) is 0. The van der Waals surface area contributed by atoms with E-state index in [0.29, 0.717) is 5.92 Å². The van der Waals surface area contributed by atoms with Crippen LogP contribution in [-0.2, 0) is 0 Å². The molecule has 0 amide bonds. The summed E-state index contributed by atoms with van der Waals surface area (Å²) in [7, 11) is 1.69. The van der Waals surface area contributed by atoms with E-state index in [2.05, 4.69) is 52.2 Å². The maximum Gasteiger partial charge on any atom is 0.119 e. The molecule has 1 rings (SSSR count). The Hall–Kier alpha value is -1.06. The molecule has 0 saturated heterocycles. The van der Waals surface area contributed by atoms with Gasteiger partial charge in [-0.3, -0.25) is 11.3 Å². The number of nitrogens with one attached hydrogen (secondary N) is 1. The van der Waals surface area contributed by atoms with Crippen molar-refractivity contribution in [3.05, 3.63) is 29.3 Å². The zero-order valence-electron chi connectivity index (χ0n) is 13.1. The van der Waals surface area contributed by atoms with E-state index in [0.717, 1.165) is 12.2 Å². The summed E-state index contributed by atoms with van der Waals surface area (Å²) in [6.07, 6.45) is 1.02. The van der Waals surface area contributed by atoms with Gasteiger partial charge in [0.15, 0.2) is 0 Å².